The average Bonchev–Trinajstić information content (AvgIpc) is 1.60. The van der Waals surface area contributed by atoms with Gasteiger partial charge in [-0.15, -0.1) is 0 Å². The van der Waals surface area contributed by atoms with Gasteiger partial charge in [-0.2, -0.15) is 0 Å². The molecular formula is C4H5Cl3O3. The predicted molar refractivity (Wildman–Crippen MR) is 38.5 cm³/mol. The molecule has 0 heterocycles. The molecule has 0 amide bonds. The number of aliphatic carboxylic acids is 1. The number of aliphatic hydroxyl groups is 1. The minimum atomic E-state index is -1.92. The van der Waals surface area contributed by atoms with Crippen LogP contribution in [0.25, 0.3) is 0 Å². The van der Waals surface area contributed by atoms with E-state index in [-0.39, 0.29) is 0 Å². The van der Waals surface area contributed by atoms with Crippen molar-refractivity contribution in [3.05, 3.63) is 0 Å². The Morgan fingerprint density at radius 1 is 1.50 bits per heavy atom. The number of hydrogen-bond acceptors (Lipinski definition) is 2. The van der Waals surface area contributed by atoms with Gasteiger partial charge >= 0.3 is 5.97 Å². The van der Waals surface area contributed by atoms with E-state index in [1.165, 1.54) is 0 Å². The van der Waals surface area contributed by atoms with Crippen LogP contribution in [0.5, 0.6) is 0 Å². The molecule has 0 aromatic carbocycles. The topological polar surface area (TPSA) is 57.5 Å². The Morgan fingerprint density at radius 2 is 1.90 bits per heavy atom. The number of alkyl halides is 3. The molecule has 2 N–H and O–H groups in total. The summed E-state index contributed by atoms with van der Waals surface area (Å²) in [6.07, 6.45) is -2.04. The second-order valence-corrected chi connectivity index (χ2v) is 4.02. The van der Waals surface area contributed by atoms with Gasteiger partial charge in [0.25, 0.3) is 0 Å². The van der Waals surface area contributed by atoms with Crippen molar-refractivity contribution in [3.8, 4) is 0 Å². The molecule has 0 aromatic heterocycles. The van der Waals surface area contributed by atoms with E-state index in [1.54, 1.807) is 0 Å². The van der Waals surface area contributed by atoms with Crippen LogP contribution in [0.1, 0.15) is 6.42 Å². The molecule has 0 aliphatic carbocycles. The van der Waals surface area contributed by atoms with Crippen LogP contribution in [0.15, 0.2) is 0 Å². The molecule has 1 atom stereocenters. The molecular weight excluding hydrogens is 202 g/mol. The Morgan fingerprint density at radius 3 is 2.00 bits per heavy atom. The number of hydrogen-bond donors (Lipinski definition) is 2. The first-order valence-corrected chi connectivity index (χ1v) is 3.44. The molecule has 0 spiro atoms. The minimum Gasteiger partial charge on any atom is -0.481 e. The van der Waals surface area contributed by atoms with Crippen LogP contribution in [0, 0.1) is 0 Å². The minimum absolute atomic E-state index is 0.573. The lowest BCUT2D eigenvalue weighted by Gasteiger charge is -2.15. The summed E-state index contributed by atoms with van der Waals surface area (Å²) >= 11 is 15.4. The number of carboxylic acids is 1. The second-order valence-electron chi connectivity index (χ2n) is 1.66. The van der Waals surface area contributed by atoms with Gasteiger partial charge in [-0.3, -0.25) is 4.79 Å². The highest BCUT2D eigenvalue weighted by Crippen LogP contribution is 2.31. The van der Waals surface area contributed by atoms with E-state index in [2.05, 4.69) is 0 Å². The molecule has 60 valence electrons. The van der Waals surface area contributed by atoms with Gasteiger partial charge in [0.15, 0.2) is 0 Å². The fourth-order valence-electron chi connectivity index (χ4n) is 0.281. The van der Waals surface area contributed by atoms with Gasteiger partial charge in [0.2, 0.25) is 3.79 Å². The van der Waals surface area contributed by atoms with E-state index in [1.807, 2.05) is 0 Å². The number of aliphatic hydroxyl groups excluding tert-OH is 1. The van der Waals surface area contributed by atoms with Crippen molar-refractivity contribution in [1.29, 1.82) is 0 Å². The van der Waals surface area contributed by atoms with Gasteiger partial charge in [-0.25, -0.2) is 0 Å². The van der Waals surface area contributed by atoms with Crippen LogP contribution < -0.4 is 0 Å². The van der Waals surface area contributed by atoms with Crippen LogP contribution in [0.3, 0.4) is 0 Å². The molecule has 0 aromatic rings. The Bertz CT molecular complexity index is 130. The summed E-state index contributed by atoms with van der Waals surface area (Å²) in [4.78, 5) is 9.92. The van der Waals surface area contributed by atoms with Crippen molar-refractivity contribution in [2.75, 3.05) is 0 Å². The average molecular weight is 207 g/mol. The quantitative estimate of drug-likeness (QED) is 0.669. The lowest BCUT2D eigenvalue weighted by molar-refractivity contribution is -0.139. The Balaban J connectivity index is 3.85. The predicted octanol–water partition coefficient (Wildman–Crippen LogP) is 1.19. The highest BCUT2D eigenvalue weighted by Gasteiger charge is 2.32. The van der Waals surface area contributed by atoms with E-state index < -0.39 is 22.3 Å². The third-order valence-corrected chi connectivity index (χ3v) is 1.50. The Hall–Kier alpha value is 0.300. The number of carboxylic acid groups (broad SMARTS) is 1. The summed E-state index contributed by atoms with van der Waals surface area (Å²) < 4.78 is -1.92. The van der Waals surface area contributed by atoms with Gasteiger partial charge in [0, 0.05) is 0 Å². The zero-order chi connectivity index (χ0) is 8.36. The van der Waals surface area contributed by atoms with Crippen molar-refractivity contribution in [3.63, 3.8) is 0 Å². The molecule has 0 saturated heterocycles. The first-order valence-electron chi connectivity index (χ1n) is 2.30. The summed E-state index contributed by atoms with van der Waals surface area (Å²) in [6, 6.07) is 0. The van der Waals surface area contributed by atoms with Crippen LogP contribution in [0.2, 0.25) is 0 Å². The maximum Gasteiger partial charge on any atom is 0.306 e. The van der Waals surface area contributed by atoms with E-state index in [4.69, 9.17) is 45.0 Å². The molecule has 6 heteroatoms. The normalized spacial score (nSPS) is 14.8. The van der Waals surface area contributed by atoms with Gasteiger partial charge in [-0.1, -0.05) is 34.8 Å². The summed E-state index contributed by atoms with van der Waals surface area (Å²) in [7, 11) is 0. The van der Waals surface area contributed by atoms with Crippen molar-refractivity contribution in [2.45, 2.75) is 16.3 Å². The van der Waals surface area contributed by atoms with E-state index in [0.717, 1.165) is 0 Å². The Labute approximate surface area is 72.5 Å². The fourth-order valence-corrected chi connectivity index (χ4v) is 0.513. The molecule has 0 rings (SSSR count). The van der Waals surface area contributed by atoms with E-state index in [0.29, 0.717) is 0 Å². The van der Waals surface area contributed by atoms with Crippen molar-refractivity contribution >= 4 is 40.8 Å². The second kappa shape index (κ2) is 3.62. The summed E-state index contributed by atoms with van der Waals surface area (Å²) in [6.45, 7) is 0. The highest BCUT2D eigenvalue weighted by molar-refractivity contribution is 6.68. The Kier molecular flexibility index (Phi) is 3.73. The number of rotatable bonds is 2. The van der Waals surface area contributed by atoms with Crippen molar-refractivity contribution < 1.29 is 15.0 Å². The third-order valence-electron chi connectivity index (χ3n) is 0.746. The van der Waals surface area contributed by atoms with E-state index >= 15 is 0 Å². The SMILES string of the molecule is O=C(O)C[C@@H](O)C(Cl)(Cl)Cl. The first-order chi connectivity index (χ1) is 4.34. The summed E-state index contributed by atoms with van der Waals surface area (Å²) in [5.41, 5.74) is 0. The molecule has 0 saturated carbocycles. The molecule has 0 aliphatic rings. The molecule has 0 fully saturated rings. The lowest BCUT2D eigenvalue weighted by Crippen LogP contribution is -2.27. The molecule has 0 radical (unpaired) electrons. The zero-order valence-electron chi connectivity index (χ0n) is 4.72. The fraction of sp³-hybridized carbons (Fsp3) is 0.750. The third kappa shape index (κ3) is 4.17. The maximum atomic E-state index is 9.92. The van der Waals surface area contributed by atoms with Crippen molar-refractivity contribution in [2.24, 2.45) is 0 Å². The number of carbonyl (C=O) groups is 1. The molecule has 0 unspecified atom stereocenters. The summed E-state index contributed by atoms with van der Waals surface area (Å²) in [5, 5.41) is 16.9. The van der Waals surface area contributed by atoms with Gasteiger partial charge < -0.3 is 10.2 Å². The van der Waals surface area contributed by atoms with Crippen molar-refractivity contribution in [1.82, 2.24) is 0 Å². The highest BCUT2D eigenvalue weighted by atomic mass is 35.6. The monoisotopic (exact) mass is 206 g/mol. The largest absolute Gasteiger partial charge is 0.481 e. The van der Waals surface area contributed by atoms with Gasteiger partial charge in [0.1, 0.15) is 6.10 Å². The van der Waals surface area contributed by atoms with Crippen LogP contribution in [-0.4, -0.2) is 26.1 Å². The zero-order valence-corrected chi connectivity index (χ0v) is 6.99. The first kappa shape index (κ1) is 10.3. The smallest absolute Gasteiger partial charge is 0.306 e. The molecule has 0 bridgehead atoms. The summed E-state index contributed by atoms with van der Waals surface area (Å²) in [5.74, 6) is -1.21. The standard InChI is InChI=1S/C4H5Cl3O3/c5-4(6,7)2(8)1-3(9)10/h2,8H,1H2,(H,9,10)/t2-/m1/s1. The molecule has 10 heavy (non-hydrogen) atoms. The van der Waals surface area contributed by atoms with E-state index in [9.17, 15) is 4.79 Å². The maximum absolute atomic E-state index is 9.92. The van der Waals surface area contributed by atoms with Crippen LogP contribution in [0.4, 0.5) is 0 Å². The molecule has 3 nitrogen and oxygen atoms in total. The van der Waals surface area contributed by atoms with Crippen LogP contribution >= 0.6 is 34.8 Å². The van der Waals surface area contributed by atoms with Gasteiger partial charge in [0.05, 0.1) is 6.42 Å². The molecule has 0 aliphatic heterocycles. The van der Waals surface area contributed by atoms with Gasteiger partial charge in [-0.05, 0) is 0 Å². The van der Waals surface area contributed by atoms with Crippen LogP contribution in [-0.2, 0) is 4.79 Å². The lowest BCUT2D eigenvalue weighted by atomic mass is 10.3. The number of halogens is 3.